The number of hydrogen-bond donors (Lipinski definition) is 1. The standard InChI is InChI=1S/C16H19FN4O2/c1-20(9-15(22)18-11-4-5-11)8-13-16(23)21(2)14-6-3-10(17)7-12(14)19-13/h3,6-7,11H,4-5,8-9H2,1-2H3,(H,18,22). The number of benzene rings is 1. The lowest BCUT2D eigenvalue weighted by Crippen LogP contribution is -2.37. The maximum absolute atomic E-state index is 13.4. The second-order valence-corrected chi connectivity index (χ2v) is 6.07. The normalized spacial score (nSPS) is 14.4. The molecule has 3 rings (SSSR count). The number of carbonyl (C=O) groups excluding carboxylic acids is 1. The Labute approximate surface area is 132 Å². The van der Waals surface area contributed by atoms with Gasteiger partial charge in [0.2, 0.25) is 5.91 Å². The fourth-order valence-corrected chi connectivity index (χ4v) is 2.53. The molecule has 1 aliphatic carbocycles. The Balaban J connectivity index is 1.79. The second-order valence-electron chi connectivity index (χ2n) is 6.07. The summed E-state index contributed by atoms with van der Waals surface area (Å²) in [6.45, 7) is 0.430. The molecule has 0 aliphatic heterocycles. The molecule has 0 atom stereocenters. The minimum absolute atomic E-state index is 0.0568. The minimum Gasteiger partial charge on any atom is -0.352 e. The van der Waals surface area contributed by atoms with E-state index >= 15 is 0 Å². The van der Waals surface area contributed by atoms with E-state index in [2.05, 4.69) is 10.3 Å². The van der Waals surface area contributed by atoms with Crippen LogP contribution in [0.25, 0.3) is 11.0 Å². The fraction of sp³-hybridized carbons (Fsp3) is 0.438. The molecule has 1 aliphatic rings. The van der Waals surface area contributed by atoms with Crippen molar-refractivity contribution in [2.24, 2.45) is 7.05 Å². The Hall–Kier alpha value is -2.28. The largest absolute Gasteiger partial charge is 0.352 e. The molecule has 1 saturated carbocycles. The van der Waals surface area contributed by atoms with Crippen molar-refractivity contribution in [3.05, 3.63) is 40.1 Å². The predicted molar refractivity (Wildman–Crippen MR) is 84.4 cm³/mol. The van der Waals surface area contributed by atoms with Crippen LogP contribution in [0, 0.1) is 5.82 Å². The zero-order chi connectivity index (χ0) is 16.6. The number of rotatable bonds is 5. The van der Waals surface area contributed by atoms with E-state index in [4.69, 9.17) is 0 Å². The van der Waals surface area contributed by atoms with Crippen LogP contribution in [0.3, 0.4) is 0 Å². The van der Waals surface area contributed by atoms with Crippen LogP contribution in [0.4, 0.5) is 4.39 Å². The molecule has 1 aromatic heterocycles. The quantitative estimate of drug-likeness (QED) is 0.885. The Bertz CT molecular complexity index is 814. The van der Waals surface area contributed by atoms with Crippen molar-refractivity contribution < 1.29 is 9.18 Å². The van der Waals surface area contributed by atoms with Gasteiger partial charge in [0.1, 0.15) is 11.5 Å². The zero-order valence-corrected chi connectivity index (χ0v) is 13.2. The molecule has 1 fully saturated rings. The first-order valence-corrected chi connectivity index (χ1v) is 7.57. The van der Waals surface area contributed by atoms with Gasteiger partial charge >= 0.3 is 0 Å². The summed E-state index contributed by atoms with van der Waals surface area (Å²) in [5.41, 5.74) is 1.07. The lowest BCUT2D eigenvalue weighted by atomic mass is 10.2. The summed E-state index contributed by atoms with van der Waals surface area (Å²) < 4.78 is 14.8. The number of fused-ring (bicyclic) bond motifs is 1. The molecule has 1 amide bonds. The van der Waals surface area contributed by atoms with Crippen molar-refractivity contribution in [2.75, 3.05) is 13.6 Å². The van der Waals surface area contributed by atoms with Crippen molar-refractivity contribution in [3.8, 4) is 0 Å². The van der Waals surface area contributed by atoms with Gasteiger partial charge in [-0.15, -0.1) is 0 Å². The highest BCUT2D eigenvalue weighted by atomic mass is 19.1. The highest BCUT2D eigenvalue weighted by Gasteiger charge is 2.23. The van der Waals surface area contributed by atoms with Gasteiger partial charge in [0.05, 0.1) is 17.6 Å². The number of likely N-dealkylation sites (N-methyl/N-ethyl adjacent to an activating group) is 1. The number of halogens is 1. The van der Waals surface area contributed by atoms with Gasteiger partial charge in [-0.3, -0.25) is 14.5 Å². The molecule has 1 N–H and O–H groups in total. The molecule has 23 heavy (non-hydrogen) atoms. The van der Waals surface area contributed by atoms with E-state index in [1.54, 1.807) is 19.0 Å². The van der Waals surface area contributed by atoms with Gasteiger partial charge in [0.15, 0.2) is 0 Å². The zero-order valence-electron chi connectivity index (χ0n) is 13.2. The molecule has 1 aromatic carbocycles. The Morgan fingerprint density at radius 3 is 2.91 bits per heavy atom. The SMILES string of the molecule is CN(CC(=O)NC1CC1)Cc1nc2cc(F)ccc2n(C)c1=O. The lowest BCUT2D eigenvalue weighted by molar-refractivity contribution is -0.122. The highest BCUT2D eigenvalue weighted by molar-refractivity contribution is 5.78. The number of aromatic nitrogens is 2. The van der Waals surface area contributed by atoms with E-state index in [1.807, 2.05) is 0 Å². The third kappa shape index (κ3) is 3.56. The van der Waals surface area contributed by atoms with Crippen LogP contribution in [0.2, 0.25) is 0 Å². The summed E-state index contributed by atoms with van der Waals surface area (Å²) in [6.07, 6.45) is 2.07. The number of nitrogens with one attached hydrogen (secondary N) is 1. The molecule has 7 heteroatoms. The summed E-state index contributed by atoms with van der Waals surface area (Å²) in [4.78, 5) is 30.2. The predicted octanol–water partition coefficient (Wildman–Crippen LogP) is 0.783. The van der Waals surface area contributed by atoms with Gasteiger partial charge in [-0.25, -0.2) is 9.37 Å². The maximum atomic E-state index is 13.4. The van der Waals surface area contributed by atoms with Crippen LogP contribution in [0.15, 0.2) is 23.0 Å². The van der Waals surface area contributed by atoms with Crippen LogP contribution < -0.4 is 10.9 Å². The fourth-order valence-electron chi connectivity index (χ4n) is 2.53. The van der Waals surface area contributed by atoms with Gasteiger partial charge in [0.25, 0.3) is 5.56 Å². The minimum atomic E-state index is -0.397. The average molecular weight is 318 g/mol. The molecule has 2 aromatic rings. The van der Waals surface area contributed by atoms with Crippen LogP contribution in [-0.2, 0) is 18.4 Å². The average Bonchev–Trinajstić information content (AvgIpc) is 3.27. The first-order chi connectivity index (χ1) is 10.9. The summed E-state index contributed by atoms with van der Waals surface area (Å²) in [6, 6.07) is 4.45. The molecule has 1 heterocycles. The van der Waals surface area contributed by atoms with E-state index in [9.17, 15) is 14.0 Å². The summed E-state index contributed by atoms with van der Waals surface area (Å²) >= 11 is 0. The molecule has 0 spiro atoms. The molecule has 0 radical (unpaired) electrons. The molecule has 122 valence electrons. The highest BCUT2D eigenvalue weighted by Crippen LogP contribution is 2.18. The molecule has 0 bridgehead atoms. The first kappa shape index (κ1) is 15.6. The monoisotopic (exact) mass is 318 g/mol. The van der Waals surface area contributed by atoms with Crippen LogP contribution in [-0.4, -0.2) is 40.0 Å². The van der Waals surface area contributed by atoms with Crippen molar-refractivity contribution >= 4 is 16.9 Å². The first-order valence-electron chi connectivity index (χ1n) is 7.57. The van der Waals surface area contributed by atoms with Gasteiger partial charge in [-0.05, 0) is 32.0 Å². The Morgan fingerprint density at radius 1 is 1.48 bits per heavy atom. The van der Waals surface area contributed by atoms with E-state index in [0.29, 0.717) is 22.8 Å². The van der Waals surface area contributed by atoms with Crippen LogP contribution in [0.1, 0.15) is 18.5 Å². The third-order valence-corrected chi connectivity index (χ3v) is 3.88. The summed E-state index contributed by atoms with van der Waals surface area (Å²) in [5, 5.41) is 2.90. The van der Waals surface area contributed by atoms with Crippen molar-refractivity contribution in [1.82, 2.24) is 19.8 Å². The summed E-state index contributed by atoms with van der Waals surface area (Å²) in [5.74, 6) is -0.453. The van der Waals surface area contributed by atoms with Crippen molar-refractivity contribution in [2.45, 2.75) is 25.4 Å². The van der Waals surface area contributed by atoms with Gasteiger partial charge < -0.3 is 9.88 Å². The molecule has 0 unspecified atom stereocenters. The van der Waals surface area contributed by atoms with Crippen molar-refractivity contribution in [1.29, 1.82) is 0 Å². The van der Waals surface area contributed by atoms with E-state index in [-0.39, 0.29) is 24.6 Å². The third-order valence-electron chi connectivity index (χ3n) is 3.88. The lowest BCUT2D eigenvalue weighted by Gasteiger charge is -2.16. The van der Waals surface area contributed by atoms with Crippen molar-refractivity contribution in [3.63, 3.8) is 0 Å². The van der Waals surface area contributed by atoms with E-state index < -0.39 is 5.82 Å². The van der Waals surface area contributed by atoms with Crippen LogP contribution >= 0.6 is 0 Å². The molecular formula is C16H19FN4O2. The number of carbonyl (C=O) groups is 1. The Kier molecular flexibility index (Phi) is 4.12. The topological polar surface area (TPSA) is 67.2 Å². The maximum Gasteiger partial charge on any atom is 0.273 e. The Morgan fingerprint density at radius 2 is 2.22 bits per heavy atom. The number of amides is 1. The van der Waals surface area contributed by atoms with E-state index in [1.165, 1.54) is 22.8 Å². The van der Waals surface area contributed by atoms with Gasteiger partial charge in [-0.2, -0.15) is 0 Å². The molecule has 6 nitrogen and oxygen atoms in total. The summed E-state index contributed by atoms with van der Waals surface area (Å²) in [7, 11) is 3.39. The van der Waals surface area contributed by atoms with E-state index in [0.717, 1.165) is 12.8 Å². The van der Waals surface area contributed by atoms with Gasteiger partial charge in [-0.1, -0.05) is 0 Å². The van der Waals surface area contributed by atoms with Crippen LogP contribution in [0.5, 0.6) is 0 Å². The number of hydrogen-bond acceptors (Lipinski definition) is 4. The molecular weight excluding hydrogens is 299 g/mol. The molecule has 0 saturated heterocycles. The van der Waals surface area contributed by atoms with Gasteiger partial charge in [0, 0.05) is 25.7 Å². The smallest absolute Gasteiger partial charge is 0.273 e. The number of aryl methyl sites for hydroxylation is 1. The number of nitrogens with zero attached hydrogens (tertiary/aromatic N) is 3. The second kappa shape index (κ2) is 6.08.